The number of aromatic nitrogens is 1. The molecule has 0 unspecified atom stereocenters. The van der Waals surface area contributed by atoms with E-state index in [-0.39, 0.29) is 5.43 Å². The van der Waals surface area contributed by atoms with E-state index in [0.717, 1.165) is 23.2 Å². The van der Waals surface area contributed by atoms with Crippen LogP contribution in [0.15, 0.2) is 39.5 Å². The first-order valence-corrected chi connectivity index (χ1v) is 6.57. The predicted octanol–water partition coefficient (Wildman–Crippen LogP) is 3.42. The van der Waals surface area contributed by atoms with Gasteiger partial charge in [0.25, 0.3) is 0 Å². The molecular weight excluding hydrogens is 238 g/mol. The SMILES string of the molecule is CCc1ccc2oc3cc(=O)c(CC)cc-3nc2c1. The maximum atomic E-state index is 11.8. The number of nitrogens with zero attached hydrogens (tertiary/aromatic N) is 1. The molecule has 1 aromatic carbocycles. The van der Waals surface area contributed by atoms with E-state index >= 15 is 0 Å². The van der Waals surface area contributed by atoms with Gasteiger partial charge in [-0.05, 0) is 36.6 Å². The van der Waals surface area contributed by atoms with E-state index in [1.807, 2.05) is 31.2 Å². The van der Waals surface area contributed by atoms with Gasteiger partial charge in [-0.3, -0.25) is 4.79 Å². The number of fused-ring (bicyclic) bond motifs is 2. The van der Waals surface area contributed by atoms with Crippen LogP contribution in [0.3, 0.4) is 0 Å². The standard InChI is InChI=1S/C16H15NO2/c1-3-10-5-6-15-12(7-10)17-13-8-11(4-2)14(18)9-16(13)19-15/h5-9H,3-4H2,1-2H3. The molecule has 96 valence electrons. The lowest BCUT2D eigenvalue weighted by Gasteiger charge is -2.08. The molecule has 1 heterocycles. The normalized spacial score (nSPS) is 11.3. The lowest BCUT2D eigenvalue weighted by molar-refractivity contribution is 0.611. The van der Waals surface area contributed by atoms with Crippen LogP contribution in [0.1, 0.15) is 25.0 Å². The molecule has 3 heteroatoms. The van der Waals surface area contributed by atoms with Crippen molar-refractivity contribution in [2.24, 2.45) is 0 Å². The second-order valence-corrected chi connectivity index (χ2v) is 4.65. The summed E-state index contributed by atoms with van der Waals surface area (Å²) in [4.78, 5) is 16.4. The highest BCUT2D eigenvalue weighted by atomic mass is 16.3. The Morgan fingerprint density at radius 1 is 1.11 bits per heavy atom. The molecule has 0 saturated carbocycles. The molecule has 0 fully saturated rings. The Hall–Kier alpha value is -2.16. The van der Waals surface area contributed by atoms with Crippen molar-refractivity contribution in [1.82, 2.24) is 4.98 Å². The van der Waals surface area contributed by atoms with Crippen molar-refractivity contribution >= 4 is 11.1 Å². The summed E-state index contributed by atoms with van der Waals surface area (Å²) in [6.45, 7) is 4.08. The molecule has 1 aliphatic heterocycles. The number of aryl methyl sites for hydroxylation is 2. The molecule has 0 amide bonds. The minimum absolute atomic E-state index is 0.0186. The van der Waals surface area contributed by atoms with Crippen molar-refractivity contribution in [3.05, 3.63) is 51.7 Å². The Bertz CT molecular complexity index is 773. The molecule has 0 saturated heterocycles. The highest BCUT2D eigenvalue weighted by Gasteiger charge is 2.12. The fraction of sp³-hybridized carbons (Fsp3) is 0.250. The van der Waals surface area contributed by atoms with Crippen LogP contribution in [-0.4, -0.2) is 4.98 Å². The van der Waals surface area contributed by atoms with Crippen LogP contribution in [-0.2, 0) is 12.8 Å². The number of benzene rings is 2. The summed E-state index contributed by atoms with van der Waals surface area (Å²) in [5.74, 6) is 0.555. The average Bonchev–Trinajstić information content (AvgIpc) is 2.44. The molecule has 1 aliphatic carbocycles. The Labute approximate surface area is 111 Å². The second-order valence-electron chi connectivity index (χ2n) is 4.65. The predicted molar refractivity (Wildman–Crippen MR) is 75.7 cm³/mol. The van der Waals surface area contributed by atoms with Crippen LogP contribution in [0.5, 0.6) is 0 Å². The van der Waals surface area contributed by atoms with Gasteiger partial charge in [0.15, 0.2) is 16.8 Å². The molecule has 0 aromatic heterocycles. The summed E-state index contributed by atoms with van der Waals surface area (Å²) in [6, 6.07) is 9.35. The maximum Gasteiger partial charge on any atom is 0.185 e. The molecule has 0 N–H and O–H groups in total. The molecule has 0 atom stereocenters. The van der Waals surface area contributed by atoms with E-state index in [4.69, 9.17) is 4.42 Å². The molecule has 3 nitrogen and oxygen atoms in total. The van der Waals surface area contributed by atoms with E-state index in [2.05, 4.69) is 11.9 Å². The van der Waals surface area contributed by atoms with Gasteiger partial charge < -0.3 is 4.42 Å². The van der Waals surface area contributed by atoms with E-state index in [1.54, 1.807) is 0 Å². The van der Waals surface area contributed by atoms with Crippen LogP contribution in [0.25, 0.3) is 22.6 Å². The number of hydrogen-bond acceptors (Lipinski definition) is 3. The van der Waals surface area contributed by atoms with Gasteiger partial charge in [-0.2, -0.15) is 0 Å². The molecule has 19 heavy (non-hydrogen) atoms. The minimum atomic E-state index is 0.0186. The zero-order chi connectivity index (χ0) is 13.4. The van der Waals surface area contributed by atoms with E-state index in [1.165, 1.54) is 11.6 Å². The first-order valence-electron chi connectivity index (χ1n) is 6.57. The maximum absolute atomic E-state index is 11.8. The molecule has 3 rings (SSSR count). The first kappa shape index (κ1) is 11.9. The van der Waals surface area contributed by atoms with Crippen LogP contribution in [0.4, 0.5) is 0 Å². The van der Waals surface area contributed by atoms with Gasteiger partial charge in [0.2, 0.25) is 0 Å². The highest BCUT2D eigenvalue weighted by molar-refractivity contribution is 5.77. The van der Waals surface area contributed by atoms with Crippen molar-refractivity contribution in [2.75, 3.05) is 0 Å². The third kappa shape index (κ3) is 2.01. The van der Waals surface area contributed by atoms with Gasteiger partial charge in [0.1, 0.15) is 11.2 Å². The summed E-state index contributed by atoms with van der Waals surface area (Å²) in [6.07, 6.45) is 1.68. The monoisotopic (exact) mass is 253 g/mol. The summed E-state index contributed by atoms with van der Waals surface area (Å²) in [7, 11) is 0. The zero-order valence-electron chi connectivity index (χ0n) is 11.1. The Balaban J connectivity index is 2.33. The topological polar surface area (TPSA) is 43.1 Å². The number of hydrogen-bond donors (Lipinski definition) is 0. The quantitative estimate of drug-likeness (QED) is 0.657. The van der Waals surface area contributed by atoms with Crippen molar-refractivity contribution in [1.29, 1.82) is 0 Å². The third-order valence-electron chi connectivity index (χ3n) is 3.42. The van der Waals surface area contributed by atoms with Crippen molar-refractivity contribution < 1.29 is 4.42 Å². The van der Waals surface area contributed by atoms with Crippen LogP contribution in [0.2, 0.25) is 0 Å². The van der Waals surface area contributed by atoms with Crippen LogP contribution in [0, 0.1) is 0 Å². The Morgan fingerprint density at radius 3 is 2.68 bits per heavy atom. The van der Waals surface area contributed by atoms with Gasteiger partial charge in [-0.25, -0.2) is 4.98 Å². The molecule has 0 spiro atoms. The first-order chi connectivity index (χ1) is 9.21. The summed E-state index contributed by atoms with van der Waals surface area (Å²) in [5, 5.41) is 0. The van der Waals surface area contributed by atoms with Gasteiger partial charge >= 0.3 is 0 Å². The molecule has 2 aliphatic rings. The third-order valence-corrected chi connectivity index (χ3v) is 3.42. The molecule has 0 bridgehead atoms. The Morgan fingerprint density at radius 2 is 1.95 bits per heavy atom. The molecule has 0 radical (unpaired) electrons. The van der Waals surface area contributed by atoms with E-state index < -0.39 is 0 Å². The van der Waals surface area contributed by atoms with Gasteiger partial charge in [-0.15, -0.1) is 0 Å². The fourth-order valence-electron chi connectivity index (χ4n) is 2.24. The lowest BCUT2D eigenvalue weighted by atomic mass is 10.1. The average molecular weight is 253 g/mol. The van der Waals surface area contributed by atoms with Gasteiger partial charge in [0.05, 0.1) is 0 Å². The van der Waals surface area contributed by atoms with Crippen molar-refractivity contribution in [2.45, 2.75) is 26.7 Å². The van der Waals surface area contributed by atoms with Crippen molar-refractivity contribution in [3.63, 3.8) is 0 Å². The Kier molecular flexibility index (Phi) is 2.82. The highest BCUT2D eigenvalue weighted by Crippen LogP contribution is 2.25. The summed E-state index contributed by atoms with van der Waals surface area (Å²) >= 11 is 0. The second kappa shape index (κ2) is 4.50. The zero-order valence-corrected chi connectivity index (χ0v) is 11.1. The largest absolute Gasteiger partial charge is 0.453 e. The van der Waals surface area contributed by atoms with E-state index in [9.17, 15) is 4.79 Å². The van der Waals surface area contributed by atoms with Gasteiger partial charge in [0, 0.05) is 11.6 Å². The summed E-state index contributed by atoms with van der Waals surface area (Å²) < 4.78 is 5.76. The van der Waals surface area contributed by atoms with Crippen molar-refractivity contribution in [3.8, 4) is 11.5 Å². The smallest absolute Gasteiger partial charge is 0.185 e. The van der Waals surface area contributed by atoms with Crippen LogP contribution < -0.4 is 5.43 Å². The summed E-state index contributed by atoms with van der Waals surface area (Å²) in [5.41, 5.74) is 4.33. The lowest BCUT2D eigenvalue weighted by Crippen LogP contribution is -2.08. The number of rotatable bonds is 2. The minimum Gasteiger partial charge on any atom is -0.453 e. The molecular formula is C16H15NO2. The van der Waals surface area contributed by atoms with Gasteiger partial charge in [-0.1, -0.05) is 19.9 Å². The fourth-order valence-corrected chi connectivity index (χ4v) is 2.24. The van der Waals surface area contributed by atoms with E-state index in [0.29, 0.717) is 17.8 Å². The van der Waals surface area contributed by atoms with Crippen LogP contribution >= 0.6 is 0 Å². The molecule has 1 aromatic rings.